The topological polar surface area (TPSA) is 48.0 Å². The van der Waals surface area contributed by atoms with Crippen molar-refractivity contribution >= 4 is 16.7 Å². The normalized spacial score (nSPS) is 13.2. The number of nitrogens with two attached hydrogens (primary N) is 1. The maximum absolute atomic E-state index is 12.3. The number of Topliss-reactive ketones (excluding diaryl/α,β-unsaturated/α-hetero) is 1. The van der Waals surface area contributed by atoms with Crippen molar-refractivity contribution in [2.24, 2.45) is 18.7 Å². The number of benzene rings is 1. The molecule has 0 aliphatic carbocycles. The van der Waals surface area contributed by atoms with Crippen LogP contribution in [0.25, 0.3) is 10.9 Å². The Labute approximate surface area is 101 Å². The zero-order valence-electron chi connectivity index (χ0n) is 10.5. The van der Waals surface area contributed by atoms with Crippen molar-refractivity contribution in [1.29, 1.82) is 0 Å². The Morgan fingerprint density at radius 3 is 2.59 bits per heavy atom. The molecule has 3 nitrogen and oxygen atoms in total. The van der Waals surface area contributed by atoms with Crippen molar-refractivity contribution in [2.75, 3.05) is 0 Å². The number of hydrogen-bond acceptors (Lipinski definition) is 2. The average molecular weight is 230 g/mol. The minimum atomic E-state index is -0.430. The molecule has 0 fully saturated rings. The van der Waals surface area contributed by atoms with Crippen molar-refractivity contribution < 1.29 is 4.79 Å². The zero-order valence-corrected chi connectivity index (χ0v) is 10.5. The van der Waals surface area contributed by atoms with Gasteiger partial charge in [-0.25, -0.2) is 0 Å². The highest BCUT2D eigenvalue weighted by atomic mass is 16.1. The van der Waals surface area contributed by atoms with E-state index in [1.165, 1.54) is 0 Å². The van der Waals surface area contributed by atoms with Crippen LogP contribution in [-0.2, 0) is 7.05 Å². The first kappa shape index (κ1) is 11.9. The first-order chi connectivity index (χ1) is 8.02. The molecule has 0 saturated carbocycles. The lowest BCUT2D eigenvalue weighted by atomic mass is 9.96. The molecule has 2 N–H and O–H groups in total. The van der Waals surface area contributed by atoms with Gasteiger partial charge in [0.25, 0.3) is 0 Å². The third kappa shape index (κ3) is 1.98. The molecule has 1 aromatic heterocycles. The predicted octanol–water partition coefficient (Wildman–Crippen LogP) is 2.34. The molecule has 1 atom stereocenters. The molecule has 0 saturated heterocycles. The van der Waals surface area contributed by atoms with Gasteiger partial charge in [-0.3, -0.25) is 4.79 Å². The first-order valence-electron chi connectivity index (χ1n) is 5.86. The van der Waals surface area contributed by atoms with Crippen LogP contribution in [0.1, 0.15) is 24.2 Å². The molecule has 1 unspecified atom stereocenters. The molecule has 1 aromatic carbocycles. The number of carbonyl (C=O) groups is 1. The summed E-state index contributed by atoms with van der Waals surface area (Å²) in [6, 6.07) is 7.46. The number of para-hydroxylation sites is 1. The monoisotopic (exact) mass is 230 g/mol. The van der Waals surface area contributed by atoms with Crippen LogP contribution in [-0.4, -0.2) is 16.4 Å². The van der Waals surface area contributed by atoms with Crippen LogP contribution in [0.4, 0.5) is 0 Å². The molecular formula is C14H18N2O. The molecule has 2 aromatic rings. The Hall–Kier alpha value is -1.61. The lowest BCUT2D eigenvalue weighted by molar-refractivity contribution is 0.0942. The summed E-state index contributed by atoms with van der Waals surface area (Å²) in [5, 5.41) is 0.983. The minimum absolute atomic E-state index is 0.0248. The SMILES string of the molecule is CC(C)C(N)C(=O)c1cn(C)c2ccccc12. The van der Waals surface area contributed by atoms with E-state index in [0.717, 1.165) is 16.5 Å². The van der Waals surface area contributed by atoms with Crippen LogP contribution in [0, 0.1) is 5.92 Å². The summed E-state index contributed by atoms with van der Waals surface area (Å²) >= 11 is 0. The molecule has 90 valence electrons. The van der Waals surface area contributed by atoms with Crippen LogP contribution in [0.2, 0.25) is 0 Å². The molecule has 17 heavy (non-hydrogen) atoms. The second-order valence-corrected chi connectivity index (χ2v) is 4.80. The van der Waals surface area contributed by atoms with E-state index >= 15 is 0 Å². The summed E-state index contributed by atoms with van der Waals surface area (Å²) in [6.07, 6.45) is 1.87. The fourth-order valence-electron chi connectivity index (χ4n) is 2.02. The third-order valence-electron chi connectivity index (χ3n) is 3.18. The second-order valence-electron chi connectivity index (χ2n) is 4.80. The van der Waals surface area contributed by atoms with Crippen molar-refractivity contribution in [3.63, 3.8) is 0 Å². The molecule has 0 aliphatic heterocycles. The smallest absolute Gasteiger partial charge is 0.181 e. The van der Waals surface area contributed by atoms with Crippen LogP contribution in [0.5, 0.6) is 0 Å². The first-order valence-corrected chi connectivity index (χ1v) is 5.86. The zero-order chi connectivity index (χ0) is 12.6. The Balaban J connectivity index is 2.53. The van der Waals surface area contributed by atoms with Gasteiger partial charge in [-0.1, -0.05) is 32.0 Å². The van der Waals surface area contributed by atoms with Crippen molar-refractivity contribution in [2.45, 2.75) is 19.9 Å². The fourth-order valence-corrected chi connectivity index (χ4v) is 2.02. The third-order valence-corrected chi connectivity index (χ3v) is 3.18. The largest absolute Gasteiger partial charge is 0.350 e. The van der Waals surface area contributed by atoms with Crippen LogP contribution in [0.3, 0.4) is 0 Å². The van der Waals surface area contributed by atoms with Crippen LogP contribution in [0.15, 0.2) is 30.5 Å². The van der Waals surface area contributed by atoms with Gasteiger partial charge in [0.15, 0.2) is 5.78 Å². The number of ketones is 1. The molecule has 0 bridgehead atoms. The number of hydrogen-bond donors (Lipinski definition) is 1. The van der Waals surface area contributed by atoms with Gasteiger partial charge in [0, 0.05) is 29.7 Å². The predicted molar refractivity (Wildman–Crippen MR) is 70.1 cm³/mol. The van der Waals surface area contributed by atoms with Gasteiger partial charge < -0.3 is 10.3 Å². The van der Waals surface area contributed by atoms with Gasteiger partial charge in [-0.15, -0.1) is 0 Å². The fraction of sp³-hybridized carbons (Fsp3) is 0.357. The lowest BCUT2D eigenvalue weighted by Gasteiger charge is -2.13. The van der Waals surface area contributed by atoms with Gasteiger partial charge in [-0.2, -0.15) is 0 Å². The van der Waals surface area contributed by atoms with E-state index in [-0.39, 0.29) is 11.7 Å². The lowest BCUT2D eigenvalue weighted by Crippen LogP contribution is -2.35. The van der Waals surface area contributed by atoms with E-state index in [9.17, 15) is 4.79 Å². The standard InChI is InChI=1S/C14H18N2O/c1-9(2)13(15)14(17)11-8-16(3)12-7-5-4-6-10(11)12/h4-9,13H,15H2,1-3H3. The average Bonchev–Trinajstić information content (AvgIpc) is 2.65. The highest BCUT2D eigenvalue weighted by Crippen LogP contribution is 2.22. The van der Waals surface area contributed by atoms with E-state index in [1.807, 2.05) is 55.9 Å². The molecule has 0 radical (unpaired) electrons. The van der Waals surface area contributed by atoms with Crippen LogP contribution < -0.4 is 5.73 Å². The summed E-state index contributed by atoms with van der Waals surface area (Å²) in [5.74, 6) is 0.179. The Bertz CT molecular complexity index is 554. The summed E-state index contributed by atoms with van der Waals surface area (Å²) < 4.78 is 1.97. The molecule has 0 aliphatic rings. The highest BCUT2D eigenvalue weighted by Gasteiger charge is 2.22. The maximum atomic E-state index is 12.3. The maximum Gasteiger partial charge on any atom is 0.181 e. The van der Waals surface area contributed by atoms with E-state index < -0.39 is 6.04 Å². The van der Waals surface area contributed by atoms with E-state index in [1.54, 1.807) is 0 Å². The summed E-state index contributed by atoms with van der Waals surface area (Å²) in [7, 11) is 1.94. The van der Waals surface area contributed by atoms with Gasteiger partial charge in [0.05, 0.1) is 6.04 Å². The summed E-state index contributed by atoms with van der Waals surface area (Å²) in [6.45, 7) is 3.93. The summed E-state index contributed by atoms with van der Waals surface area (Å²) in [5.41, 5.74) is 7.72. The van der Waals surface area contributed by atoms with Gasteiger partial charge in [0.2, 0.25) is 0 Å². The second kappa shape index (κ2) is 4.34. The molecule has 2 rings (SSSR count). The minimum Gasteiger partial charge on any atom is -0.350 e. The van der Waals surface area contributed by atoms with Crippen molar-refractivity contribution in [3.05, 3.63) is 36.0 Å². The Kier molecular flexibility index (Phi) is 3.03. The molecule has 0 spiro atoms. The molecular weight excluding hydrogens is 212 g/mol. The number of carbonyl (C=O) groups excluding carboxylic acids is 1. The number of fused-ring (bicyclic) bond motifs is 1. The Morgan fingerprint density at radius 1 is 1.29 bits per heavy atom. The number of aryl methyl sites for hydroxylation is 1. The van der Waals surface area contributed by atoms with E-state index in [0.29, 0.717) is 0 Å². The highest BCUT2D eigenvalue weighted by molar-refractivity contribution is 6.10. The van der Waals surface area contributed by atoms with Crippen molar-refractivity contribution in [1.82, 2.24) is 4.57 Å². The number of nitrogens with zero attached hydrogens (tertiary/aromatic N) is 1. The van der Waals surface area contributed by atoms with Crippen molar-refractivity contribution in [3.8, 4) is 0 Å². The number of aromatic nitrogens is 1. The van der Waals surface area contributed by atoms with E-state index in [4.69, 9.17) is 5.73 Å². The molecule has 0 amide bonds. The number of rotatable bonds is 3. The van der Waals surface area contributed by atoms with E-state index in [2.05, 4.69) is 0 Å². The Morgan fingerprint density at radius 2 is 1.94 bits per heavy atom. The molecule has 1 heterocycles. The summed E-state index contributed by atoms with van der Waals surface area (Å²) in [4.78, 5) is 12.3. The van der Waals surface area contributed by atoms with Gasteiger partial charge >= 0.3 is 0 Å². The van der Waals surface area contributed by atoms with Gasteiger partial charge in [-0.05, 0) is 12.0 Å². The van der Waals surface area contributed by atoms with Gasteiger partial charge in [0.1, 0.15) is 0 Å². The van der Waals surface area contributed by atoms with Crippen LogP contribution >= 0.6 is 0 Å². The quantitative estimate of drug-likeness (QED) is 0.823. The molecule has 3 heteroatoms.